The van der Waals surface area contributed by atoms with Gasteiger partial charge in [-0.25, -0.2) is 0 Å². The number of hydrogen-bond donors (Lipinski definition) is 3. The van der Waals surface area contributed by atoms with Gasteiger partial charge in [-0.1, -0.05) is 35.2 Å². The SMILES string of the molecule is Nc1ccc(Br)cc1C(=O)NCC1(CO)CCCCC1. The number of amides is 1. The molecule has 0 heterocycles. The van der Waals surface area contributed by atoms with Crippen LogP contribution in [0.4, 0.5) is 5.69 Å². The van der Waals surface area contributed by atoms with Crippen molar-refractivity contribution in [1.29, 1.82) is 0 Å². The Morgan fingerprint density at radius 2 is 2.05 bits per heavy atom. The van der Waals surface area contributed by atoms with Crippen molar-refractivity contribution in [3.05, 3.63) is 28.2 Å². The normalized spacial score (nSPS) is 17.7. The lowest BCUT2D eigenvalue weighted by atomic mass is 9.74. The van der Waals surface area contributed by atoms with E-state index in [-0.39, 0.29) is 17.9 Å². The Kier molecular flexibility index (Phi) is 5.05. The fraction of sp³-hybridized carbons (Fsp3) is 0.533. The van der Waals surface area contributed by atoms with E-state index in [1.54, 1.807) is 12.1 Å². The van der Waals surface area contributed by atoms with Crippen LogP contribution in [0.1, 0.15) is 42.5 Å². The first kappa shape index (κ1) is 15.3. The Hall–Kier alpha value is -1.07. The molecule has 1 aliphatic carbocycles. The molecule has 1 saturated carbocycles. The Morgan fingerprint density at radius 3 is 2.70 bits per heavy atom. The minimum atomic E-state index is -0.179. The van der Waals surface area contributed by atoms with Crippen LogP contribution in [-0.4, -0.2) is 24.2 Å². The molecule has 0 atom stereocenters. The molecular formula is C15H21BrN2O2. The summed E-state index contributed by atoms with van der Waals surface area (Å²) in [6, 6.07) is 5.24. The summed E-state index contributed by atoms with van der Waals surface area (Å²) < 4.78 is 0.825. The minimum Gasteiger partial charge on any atom is -0.398 e. The van der Waals surface area contributed by atoms with Crippen LogP contribution in [0.2, 0.25) is 0 Å². The first-order valence-corrected chi connectivity index (χ1v) is 7.80. The van der Waals surface area contributed by atoms with Gasteiger partial charge in [-0.2, -0.15) is 0 Å². The lowest BCUT2D eigenvalue weighted by Crippen LogP contribution is -2.41. The topological polar surface area (TPSA) is 75.4 Å². The molecule has 1 aromatic carbocycles. The van der Waals surface area contributed by atoms with Crippen molar-refractivity contribution in [2.75, 3.05) is 18.9 Å². The fourth-order valence-corrected chi connectivity index (χ4v) is 3.14. The summed E-state index contributed by atoms with van der Waals surface area (Å²) in [6.07, 6.45) is 5.40. The average molecular weight is 341 g/mol. The zero-order valence-corrected chi connectivity index (χ0v) is 13.1. The van der Waals surface area contributed by atoms with Gasteiger partial charge < -0.3 is 16.2 Å². The predicted molar refractivity (Wildman–Crippen MR) is 83.5 cm³/mol. The molecule has 0 saturated heterocycles. The van der Waals surface area contributed by atoms with E-state index in [2.05, 4.69) is 21.2 Å². The largest absolute Gasteiger partial charge is 0.398 e. The monoisotopic (exact) mass is 340 g/mol. The van der Waals surface area contributed by atoms with Crippen molar-refractivity contribution < 1.29 is 9.90 Å². The maximum atomic E-state index is 12.2. The van der Waals surface area contributed by atoms with Gasteiger partial charge in [-0.15, -0.1) is 0 Å². The molecule has 2 rings (SSSR count). The number of rotatable bonds is 4. The van der Waals surface area contributed by atoms with Gasteiger partial charge in [-0.05, 0) is 31.0 Å². The summed E-state index contributed by atoms with van der Waals surface area (Å²) in [5.74, 6) is -0.179. The molecule has 1 amide bonds. The molecule has 1 aromatic rings. The minimum absolute atomic E-state index is 0.126. The van der Waals surface area contributed by atoms with E-state index >= 15 is 0 Å². The molecule has 0 spiro atoms. The second kappa shape index (κ2) is 6.59. The van der Waals surface area contributed by atoms with E-state index in [0.29, 0.717) is 17.8 Å². The zero-order valence-electron chi connectivity index (χ0n) is 11.5. The van der Waals surface area contributed by atoms with Crippen LogP contribution in [0, 0.1) is 5.41 Å². The van der Waals surface area contributed by atoms with Crippen LogP contribution in [-0.2, 0) is 0 Å². The number of nitrogens with two attached hydrogens (primary N) is 1. The van der Waals surface area contributed by atoms with E-state index < -0.39 is 0 Å². The maximum absolute atomic E-state index is 12.2. The Morgan fingerprint density at radius 1 is 1.35 bits per heavy atom. The quantitative estimate of drug-likeness (QED) is 0.737. The average Bonchev–Trinajstić information content (AvgIpc) is 2.48. The van der Waals surface area contributed by atoms with Crippen LogP contribution in [0.3, 0.4) is 0 Å². The van der Waals surface area contributed by atoms with Crippen LogP contribution >= 0.6 is 15.9 Å². The summed E-state index contributed by atoms with van der Waals surface area (Å²) in [6.45, 7) is 0.634. The molecule has 1 fully saturated rings. The molecule has 0 aliphatic heterocycles. The van der Waals surface area contributed by atoms with Crippen molar-refractivity contribution in [2.45, 2.75) is 32.1 Å². The van der Waals surface area contributed by atoms with Crippen molar-refractivity contribution >= 4 is 27.5 Å². The lowest BCUT2D eigenvalue weighted by molar-refractivity contribution is 0.0718. The van der Waals surface area contributed by atoms with Gasteiger partial charge in [0.15, 0.2) is 0 Å². The molecule has 1 aliphatic rings. The van der Waals surface area contributed by atoms with Crippen molar-refractivity contribution in [1.82, 2.24) is 5.32 Å². The number of hydrogen-bond acceptors (Lipinski definition) is 3. The van der Waals surface area contributed by atoms with E-state index in [1.165, 1.54) is 6.42 Å². The van der Waals surface area contributed by atoms with Gasteiger partial charge >= 0.3 is 0 Å². The molecule has 0 unspecified atom stereocenters. The predicted octanol–water partition coefficient (Wildman–Crippen LogP) is 2.70. The second-order valence-corrected chi connectivity index (χ2v) is 6.55. The Balaban J connectivity index is 2.02. The number of halogens is 1. The third-order valence-corrected chi connectivity index (χ3v) is 4.63. The second-order valence-electron chi connectivity index (χ2n) is 5.63. The van der Waals surface area contributed by atoms with Gasteiger partial charge in [0.05, 0.1) is 12.2 Å². The van der Waals surface area contributed by atoms with Gasteiger partial charge in [0.1, 0.15) is 0 Å². The number of carbonyl (C=O) groups excluding carboxylic acids is 1. The highest BCUT2D eigenvalue weighted by atomic mass is 79.9. The highest BCUT2D eigenvalue weighted by molar-refractivity contribution is 9.10. The summed E-state index contributed by atoms with van der Waals surface area (Å²) >= 11 is 3.34. The van der Waals surface area contributed by atoms with Crippen LogP contribution in [0.15, 0.2) is 22.7 Å². The fourth-order valence-electron chi connectivity index (χ4n) is 2.78. The maximum Gasteiger partial charge on any atom is 0.253 e. The number of nitrogens with one attached hydrogen (secondary N) is 1. The molecule has 4 N–H and O–H groups in total. The number of anilines is 1. The zero-order chi connectivity index (χ0) is 14.6. The van der Waals surface area contributed by atoms with E-state index in [9.17, 15) is 9.90 Å². The van der Waals surface area contributed by atoms with E-state index in [1.807, 2.05) is 6.07 Å². The summed E-state index contributed by atoms with van der Waals surface area (Å²) in [5, 5.41) is 12.6. The highest BCUT2D eigenvalue weighted by Gasteiger charge is 2.31. The number of carbonyl (C=O) groups is 1. The number of benzene rings is 1. The molecule has 4 nitrogen and oxygen atoms in total. The first-order chi connectivity index (χ1) is 9.56. The summed E-state index contributed by atoms with van der Waals surface area (Å²) in [7, 11) is 0. The Bertz CT molecular complexity index is 485. The summed E-state index contributed by atoms with van der Waals surface area (Å²) in [4.78, 5) is 12.2. The standard InChI is InChI=1S/C15H21BrN2O2/c16-11-4-5-13(17)12(8-11)14(20)18-9-15(10-19)6-2-1-3-7-15/h4-5,8,19H,1-3,6-7,9-10,17H2,(H,18,20). The van der Waals surface area contributed by atoms with Gasteiger partial charge in [0.2, 0.25) is 0 Å². The van der Waals surface area contributed by atoms with E-state index in [0.717, 1.165) is 30.2 Å². The van der Waals surface area contributed by atoms with Crippen molar-refractivity contribution in [3.8, 4) is 0 Å². The van der Waals surface area contributed by atoms with Crippen LogP contribution in [0.25, 0.3) is 0 Å². The Labute approximate surface area is 127 Å². The first-order valence-electron chi connectivity index (χ1n) is 7.00. The third kappa shape index (κ3) is 3.52. The van der Waals surface area contributed by atoms with Crippen LogP contribution in [0.5, 0.6) is 0 Å². The third-order valence-electron chi connectivity index (χ3n) is 4.13. The van der Waals surface area contributed by atoms with Gasteiger partial charge in [0, 0.05) is 22.1 Å². The number of aliphatic hydroxyl groups excluding tert-OH is 1. The molecule has 0 bridgehead atoms. The van der Waals surface area contributed by atoms with Crippen molar-refractivity contribution in [2.24, 2.45) is 5.41 Å². The van der Waals surface area contributed by atoms with Crippen molar-refractivity contribution in [3.63, 3.8) is 0 Å². The number of nitrogen functional groups attached to an aromatic ring is 1. The molecule has 110 valence electrons. The molecule has 0 radical (unpaired) electrons. The highest BCUT2D eigenvalue weighted by Crippen LogP contribution is 2.35. The molecule has 5 heteroatoms. The lowest BCUT2D eigenvalue weighted by Gasteiger charge is -2.35. The van der Waals surface area contributed by atoms with Gasteiger partial charge in [0.25, 0.3) is 5.91 Å². The van der Waals surface area contributed by atoms with Crippen LogP contribution < -0.4 is 11.1 Å². The number of aliphatic hydroxyl groups is 1. The molecular weight excluding hydrogens is 320 g/mol. The summed E-state index contributed by atoms with van der Waals surface area (Å²) in [5.41, 5.74) is 6.62. The van der Waals surface area contributed by atoms with Gasteiger partial charge in [-0.3, -0.25) is 4.79 Å². The molecule has 20 heavy (non-hydrogen) atoms. The smallest absolute Gasteiger partial charge is 0.253 e. The van der Waals surface area contributed by atoms with E-state index in [4.69, 9.17) is 5.73 Å². The molecule has 0 aromatic heterocycles.